The molecule has 0 spiro atoms. The predicted octanol–water partition coefficient (Wildman–Crippen LogP) is 2.11. The first kappa shape index (κ1) is 22.4. The van der Waals surface area contributed by atoms with E-state index in [9.17, 15) is 9.59 Å². The fraction of sp³-hybridized carbons (Fsp3) is 0.609. The Labute approximate surface area is 188 Å². The van der Waals surface area contributed by atoms with E-state index in [1.165, 1.54) is 11.2 Å². The van der Waals surface area contributed by atoms with Crippen LogP contribution in [0.2, 0.25) is 0 Å². The van der Waals surface area contributed by atoms with E-state index in [-0.39, 0.29) is 37.0 Å². The molecule has 1 aliphatic carbocycles. The summed E-state index contributed by atoms with van der Waals surface area (Å²) in [4.78, 5) is 28.6. The maximum atomic E-state index is 13.1. The predicted molar refractivity (Wildman–Crippen MR) is 119 cm³/mol. The van der Waals surface area contributed by atoms with Crippen LogP contribution in [0.25, 0.3) is 11.4 Å². The van der Waals surface area contributed by atoms with E-state index in [4.69, 9.17) is 4.74 Å². The van der Waals surface area contributed by atoms with Gasteiger partial charge in [-0.05, 0) is 37.8 Å². The number of hydrogen-bond donors (Lipinski definition) is 1. The highest BCUT2D eigenvalue weighted by Crippen LogP contribution is 2.18. The first-order chi connectivity index (χ1) is 15.6. The van der Waals surface area contributed by atoms with Gasteiger partial charge < -0.3 is 15.0 Å². The minimum absolute atomic E-state index is 0.0225. The number of aromatic nitrogens is 4. The number of tetrazole rings is 1. The van der Waals surface area contributed by atoms with E-state index in [1.54, 1.807) is 4.90 Å². The highest BCUT2D eigenvalue weighted by molar-refractivity contribution is 5.84. The molecule has 1 aliphatic heterocycles. The van der Waals surface area contributed by atoms with Gasteiger partial charge in [0.2, 0.25) is 17.6 Å². The van der Waals surface area contributed by atoms with E-state index in [0.29, 0.717) is 19.0 Å². The average Bonchev–Trinajstić information content (AvgIpc) is 3.47. The minimum atomic E-state index is -0.216. The van der Waals surface area contributed by atoms with Crippen molar-refractivity contribution in [1.82, 2.24) is 30.4 Å². The summed E-state index contributed by atoms with van der Waals surface area (Å²) < 4.78 is 5.71. The van der Waals surface area contributed by atoms with Crippen molar-refractivity contribution in [2.45, 2.75) is 70.6 Å². The Morgan fingerprint density at radius 3 is 2.62 bits per heavy atom. The second-order valence-corrected chi connectivity index (χ2v) is 8.82. The van der Waals surface area contributed by atoms with Crippen LogP contribution >= 0.6 is 0 Å². The van der Waals surface area contributed by atoms with Crippen LogP contribution in [0.5, 0.6) is 0 Å². The fourth-order valence-electron chi connectivity index (χ4n) is 4.33. The minimum Gasteiger partial charge on any atom is -0.376 e. The zero-order valence-electron chi connectivity index (χ0n) is 18.7. The smallest absolute Gasteiger partial charge is 0.246 e. The summed E-state index contributed by atoms with van der Waals surface area (Å²) in [5, 5.41) is 15.6. The van der Waals surface area contributed by atoms with E-state index < -0.39 is 0 Å². The molecule has 1 aromatic carbocycles. The van der Waals surface area contributed by atoms with Crippen LogP contribution in [0, 0.1) is 6.92 Å². The van der Waals surface area contributed by atoms with Crippen molar-refractivity contribution in [1.29, 1.82) is 0 Å². The molecule has 1 aromatic heterocycles. The van der Waals surface area contributed by atoms with Crippen molar-refractivity contribution >= 4 is 11.8 Å². The topological polar surface area (TPSA) is 102 Å². The summed E-state index contributed by atoms with van der Waals surface area (Å²) in [6.07, 6.45) is 7.37. The number of ether oxygens (including phenoxy) is 1. The van der Waals surface area contributed by atoms with E-state index in [0.717, 1.165) is 49.7 Å². The van der Waals surface area contributed by atoms with Crippen LogP contribution in [-0.2, 0) is 20.9 Å². The Morgan fingerprint density at radius 1 is 1.12 bits per heavy atom. The first-order valence-corrected chi connectivity index (χ1v) is 11.6. The third-order valence-corrected chi connectivity index (χ3v) is 6.14. The van der Waals surface area contributed by atoms with Gasteiger partial charge in [0.25, 0.3) is 0 Å². The van der Waals surface area contributed by atoms with Crippen LogP contribution in [0.3, 0.4) is 0 Å². The van der Waals surface area contributed by atoms with Crippen molar-refractivity contribution in [2.24, 2.45) is 0 Å². The van der Waals surface area contributed by atoms with Crippen LogP contribution in [0.1, 0.15) is 50.5 Å². The lowest BCUT2D eigenvalue weighted by Crippen LogP contribution is -2.47. The normalized spacial score (nSPS) is 19.1. The van der Waals surface area contributed by atoms with Gasteiger partial charge in [-0.3, -0.25) is 9.59 Å². The summed E-state index contributed by atoms with van der Waals surface area (Å²) >= 11 is 0. The number of rotatable bonds is 8. The quantitative estimate of drug-likeness (QED) is 0.675. The highest BCUT2D eigenvalue weighted by atomic mass is 16.5. The molecule has 1 atom stereocenters. The standard InChI is InChI=1S/C23H32N6O3/c1-17-9-11-18(12-10-17)23-25-27-29(26-23)16-22(31)28(14-20-8-5-13-32-20)15-21(30)24-19-6-3-2-4-7-19/h9-12,19-20H,2-8,13-16H2,1H3,(H,24,30)/t20-/m0/s1. The molecule has 2 fully saturated rings. The molecule has 9 heteroatoms. The van der Waals surface area contributed by atoms with Crippen LogP contribution in [0.15, 0.2) is 24.3 Å². The number of amides is 2. The highest BCUT2D eigenvalue weighted by Gasteiger charge is 2.26. The Morgan fingerprint density at radius 2 is 1.91 bits per heavy atom. The number of carbonyl (C=O) groups excluding carboxylic acids is 2. The molecule has 1 saturated carbocycles. The second kappa shape index (κ2) is 10.7. The van der Waals surface area contributed by atoms with Crippen LogP contribution < -0.4 is 5.32 Å². The number of benzene rings is 1. The van der Waals surface area contributed by atoms with Gasteiger partial charge in [0.05, 0.1) is 12.6 Å². The molecule has 4 rings (SSSR count). The molecule has 2 aromatic rings. The third-order valence-electron chi connectivity index (χ3n) is 6.14. The number of carbonyl (C=O) groups is 2. The Kier molecular flexibility index (Phi) is 7.47. The van der Waals surface area contributed by atoms with Gasteiger partial charge in [-0.2, -0.15) is 4.80 Å². The van der Waals surface area contributed by atoms with Gasteiger partial charge in [0.15, 0.2) is 0 Å². The summed E-state index contributed by atoms with van der Waals surface area (Å²) in [6.45, 7) is 3.07. The summed E-state index contributed by atoms with van der Waals surface area (Å²) in [7, 11) is 0. The molecule has 32 heavy (non-hydrogen) atoms. The molecule has 0 radical (unpaired) electrons. The monoisotopic (exact) mass is 440 g/mol. The van der Waals surface area contributed by atoms with Gasteiger partial charge in [0, 0.05) is 24.8 Å². The maximum Gasteiger partial charge on any atom is 0.246 e. The maximum absolute atomic E-state index is 13.1. The number of nitrogens with one attached hydrogen (secondary N) is 1. The second-order valence-electron chi connectivity index (χ2n) is 8.82. The molecule has 1 N–H and O–H groups in total. The molecular weight excluding hydrogens is 408 g/mol. The molecule has 1 saturated heterocycles. The summed E-state index contributed by atoms with van der Waals surface area (Å²) in [5.41, 5.74) is 1.99. The molecule has 2 aliphatic rings. The van der Waals surface area contributed by atoms with E-state index >= 15 is 0 Å². The summed E-state index contributed by atoms with van der Waals surface area (Å²) in [5.74, 6) is 0.140. The molecule has 2 heterocycles. The van der Waals surface area contributed by atoms with Crippen molar-refractivity contribution < 1.29 is 14.3 Å². The van der Waals surface area contributed by atoms with Gasteiger partial charge in [-0.15, -0.1) is 10.2 Å². The number of nitrogens with zero attached hydrogens (tertiary/aromatic N) is 5. The Hall–Kier alpha value is -2.81. The number of aryl methyl sites for hydroxylation is 1. The van der Waals surface area contributed by atoms with Crippen molar-refractivity contribution in [3.63, 3.8) is 0 Å². The lowest BCUT2D eigenvalue weighted by Gasteiger charge is -2.27. The molecule has 0 bridgehead atoms. The number of hydrogen-bond acceptors (Lipinski definition) is 6. The molecule has 9 nitrogen and oxygen atoms in total. The van der Waals surface area contributed by atoms with Gasteiger partial charge in [-0.25, -0.2) is 0 Å². The zero-order chi connectivity index (χ0) is 22.3. The van der Waals surface area contributed by atoms with Crippen molar-refractivity contribution in [3.8, 4) is 11.4 Å². The lowest BCUT2D eigenvalue weighted by molar-refractivity contribution is -0.138. The molecule has 0 unspecified atom stereocenters. The Balaban J connectivity index is 1.39. The molecule has 172 valence electrons. The summed E-state index contributed by atoms with van der Waals surface area (Å²) in [6, 6.07) is 8.03. The van der Waals surface area contributed by atoms with Crippen molar-refractivity contribution in [3.05, 3.63) is 29.8 Å². The third kappa shape index (κ3) is 6.12. The van der Waals surface area contributed by atoms with Gasteiger partial charge >= 0.3 is 0 Å². The largest absolute Gasteiger partial charge is 0.376 e. The van der Waals surface area contributed by atoms with Gasteiger partial charge in [0.1, 0.15) is 6.54 Å². The first-order valence-electron chi connectivity index (χ1n) is 11.6. The Bertz CT molecular complexity index is 901. The zero-order valence-corrected chi connectivity index (χ0v) is 18.7. The lowest BCUT2D eigenvalue weighted by atomic mass is 9.95. The van der Waals surface area contributed by atoms with E-state index in [1.807, 2.05) is 31.2 Å². The average molecular weight is 441 g/mol. The SMILES string of the molecule is Cc1ccc(-c2nnn(CC(=O)N(CC(=O)NC3CCCCC3)C[C@@H]3CCCO3)n2)cc1. The molecule has 2 amide bonds. The molecular formula is C23H32N6O3. The van der Waals surface area contributed by atoms with Crippen LogP contribution in [0.4, 0.5) is 0 Å². The van der Waals surface area contributed by atoms with E-state index in [2.05, 4.69) is 20.7 Å². The van der Waals surface area contributed by atoms with Crippen LogP contribution in [-0.4, -0.2) is 68.8 Å². The van der Waals surface area contributed by atoms with Gasteiger partial charge in [-0.1, -0.05) is 49.1 Å². The van der Waals surface area contributed by atoms with Crippen molar-refractivity contribution in [2.75, 3.05) is 19.7 Å². The fourth-order valence-corrected chi connectivity index (χ4v) is 4.33.